The van der Waals surface area contributed by atoms with Gasteiger partial charge < -0.3 is 15.0 Å². The molecule has 0 spiro atoms. The van der Waals surface area contributed by atoms with E-state index in [1.165, 1.54) is 12.8 Å². The third-order valence-electron chi connectivity index (χ3n) is 4.78. The molecule has 5 unspecified atom stereocenters. The molecule has 5 nitrogen and oxygen atoms in total. The number of nitrogens with two attached hydrogens (primary N) is 1. The van der Waals surface area contributed by atoms with E-state index in [0.29, 0.717) is 18.1 Å². The minimum Gasteiger partial charge on any atom is -0.374 e. The first-order valence-corrected chi connectivity index (χ1v) is 7.06. The molecule has 2 aliphatic heterocycles. The highest BCUT2D eigenvalue weighted by Gasteiger charge is 2.44. The summed E-state index contributed by atoms with van der Waals surface area (Å²) in [7, 11) is 0. The van der Waals surface area contributed by atoms with Crippen LogP contribution >= 0.6 is 0 Å². The third kappa shape index (κ3) is 1.61. The number of hydrogen-bond donors (Lipinski definition) is 1. The van der Waals surface area contributed by atoms with Crippen LogP contribution in [-0.2, 0) is 4.74 Å². The highest BCUT2D eigenvalue weighted by Crippen LogP contribution is 2.44. The molecule has 1 aromatic heterocycles. The largest absolute Gasteiger partial charge is 0.374 e. The first-order valence-electron chi connectivity index (χ1n) is 7.06. The van der Waals surface area contributed by atoms with Gasteiger partial charge >= 0.3 is 0 Å². The van der Waals surface area contributed by atoms with Crippen molar-refractivity contribution in [2.75, 3.05) is 0 Å². The van der Waals surface area contributed by atoms with Gasteiger partial charge in [-0.05, 0) is 32.1 Å². The lowest BCUT2D eigenvalue weighted by Gasteiger charge is -2.14. The highest BCUT2D eigenvalue weighted by molar-refractivity contribution is 5.09. The molecular formula is C13H19N3O2. The van der Waals surface area contributed by atoms with Gasteiger partial charge in [-0.3, -0.25) is 0 Å². The van der Waals surface area contributed by atoms with Crippen LogP contribution in [0.2, 0.25) is 0 Å². The Hall–Kier alpha value is -0.940. The summed E-state index contributed by atoms with van der Waals surface area (Å²) < 4.78 is 11.3. The second-order valence-corrected chi connectivity index (χ2v) is 5.91. The lowest BCUT2D eigenvalue weighted by molar-refractivity contribution is 0.0996. The molecule has 2 bridgehead atoms. The Balaban J connectivity index is 1.55. The maximum absolute atomic E-state index is 6.08. The van der Waals surface area contributed by atoms with E-state index < -0.39 is 0 Å². The van der Waals surface area contributed by atoms with Gasteiger partial charge in [0.2, 0.25) is 5.89 Å². The van der Waals surface area contributed by atoms with Gasteiger partial charge in [-0.2, -0.15) is 4.98 Å². The molecule has 5 atom stereocenters. The summed E-state index contributed by atoms with van der Waals surface area (Å²) in [6.07, 6.45) is 7.45. The zero-order valence-electron chi connectivity index (χ0n) is 10.4. The van der Waals surface area contributed by atoms with Crippen LogP contribution in [0.4, 0.5) is 0 Å². The highest BCUT2D eigenvalue weighted by atomic mass is 16.5. The summed E-state index contributed by atoms with van der Waals surface area (Å²) in [6.45, 7) is 0. The molecule has 3 aliphatic rings. The van der Waals surface area contributed by atoms with Crippen LogP contribution < -0.4 is 5.73 Å². The van der Waals surface area contributed by atoms with Crippen molar-refractivity contribution in [1.82, 2.24) is 10.1 Å². The van der Waals surface area contributed by atoms with Gasteiger partial charge in [-0.25, -0.2) is 0 Å². The van der Waals surface area contributed by atoms with Crippen LogP contribution in [0.3, 0.4) is 0 Å². The number of nitrogens with zero attached hydrogens (tertiary/aromatic N) is 2. The Bertz CT molecular complexity index is 447. The fourth-order valence-electron chi connectivity index (χ4n) is 3.75. The topological polar surface area (TPSA) is 74.2 Å². The van der Waals surface area contributed by atoms with Crippen molar-refractivity contribution in [3.8, 4) is 0 Å². The average molecular weight is 249 g/mol. The summed E-state index contributed by atoms with van der Waals surface area (Å²) >= 11 is 0. The summed E-state index contributed by atoms with van der Waals surface area (Å²) in [4.78, 5) is 4.61. The van der Waals surface area contributed by atoms with E-state index in [2.05, 4.69) is 10.1 Å². The van der Waals surface area contributed by atoms with Gasteiger partial charge in [0.15, 0.2) is 5.82 Å². The number of ether oxygens (including phenoxy) is 1. The van der Waals surface area contributed by atoms with E-state index in [9.17, 15) is 0 Å². The maximum Gasteiger partial charge on any atom is 0.231 e. The Kier molecular flexibility index (Phi) is 2.45. The molecular weight excluding hydrogens is 230 g/mol. The second-order valence-electron chi connectivity index (χ2n) is 5.91. The molecule has 2 saturated heterocycles. The van der Waals surface area contributed by atoms with Crippen LogP contribution in [0.15, 0.2) is 4.52 Å². The SMILES string of the molecule is NC1CCCC1c1nc(C2CC3CCC2O3)no1. The van der Waals surface area contributed by atoms with Crippen LogP contribution in [0.1, 0.15) is 62.1 Å². The Morgan fingerprint density at radius 2 is 2.06 bits per heavy atom. The van der Waals surface area contributed by atoms with Gasteiger partial charge in [0.25, 0.3) is 0 Å². The zero-order valence-corrected chi connectivity index (χ0v) is 10.4. The van der Waals surface area contributed by atoms with Crippen molar-refractivity contribution < 1.29 is 9.26 Å². The molecule has 1 aromatic rings. The van der Waals surface area contributed by atoms with E-state index >= 15 is 0 Å². The predicted molar refractivity (Wildman–Crippen MR) is 64.1 cm³/mol. The number of aromatic nitrogens is 2. The lowest BCUT2D eigenvalue weighted by Crippen LogP contribution is -2.23. The van der Waals surface area contributed by atoms with E-state index in [0.717, 1.165) is 37.4 Å². The molecule has 5 heteroatoms. The van der Waals surface area contributed by atoms with Crippen molar-refractivity contribution >= 4 is 0 Å². The van der Waals surface area contributed by atoms with Crippen LogP contribution in [0, 0.1) is 0 Å². The summed E-state index contributed by atoms with van der Waals surface area (Å²) in [5.74, 6) is 2.21. The smallest absolute Gasteiger partial charge is 0.231 e. The average Bonchev–Trinajstić information content (AvgIpc) is 3.12. The van der Waals surface area contributed by atoms with Crippen molar-refractivity contribution in [2.24, 2.45) is 5.73 Å². The molecule has 1 saturated carbocycles. The molecule has 0 aromatic carbocycles. The summed E-state index contributed by atoms with van der Waals surface area (Å²) in [5, 5.41) is 4.17. The monoisotopic (exact) mass is 249 g/mol. The van der Waals surface area contributed by atoms with Crippen molar-refractivity contribution in [3.05, 3.63) is 11.7 Å². The van der Waals surface area contributed by atoms with Crippen molar-refractivity contribution in [2.45, 2.75) is 68.6 Å². The number of rotatable bonds is 2. The Morgan fingerprint density at radius 3 is 2.72 bits per heavy atom. The first kappa shape index (κ1) is 10.9. The molecule has 0 radical (unpaired) electrons. The quantitative estimate of drug-likeness (QED) is 0.863. The van der Waals surface area contributed by atoms with E-state index in [1.807, 2.05) is 0 Å². The third-order valence-corrected chi connectivity index (χ3v) is 4.78. The normalized spacial score (nSPS) is 42.8. The van der Waals surface area contributed by atoms with E-state index in [1.54, 1.807) is 0 Å². The second kappa shape index (κ2) is 4.03. The predicted octanol–water partition coefficient (Wildman–Crippen LogP) is 1.70. The van der Waals surface area contributed by atoms with Crippen molar-refractivity contribution in [3.63, 3.8) is 0 Å². The van der Waals surface area contributed by atoms with Gasteiger partial charge in [-0.1, -0.05) is 11.6 Å². The summed E-state index contributed by atoms with van der Waals surface area (Å²) in [5.41, 5.74) is 6.08. The zero-order chi connectivity index (χ0) is 12.1. The van der Waals surface area contributed by atoms with Gasteiger partial charge in [0, 0.05) is 6.04 Å². The molecule has 98 valence electrons. The number of hydrogen-bond acceptors (Lipinski definition) is 5. The summed E-state index contributed by atoms with van der Waals surface area (Å²) in [6, 6.07) is 0.189. The van der Waals surface area contributed by atoms with E-state index in [-0.39, 0.29) is 12.0 Å². The lowest BCUT2D eigenvalue weighted by atomic mass is 9.89. The minimum atomic E-state index is 0.189. The number of fused-ring (bicyclic) bond motifs is 2. The molecule has 4 rings (SSSR count). The van der Waals surface area contributed by atoms with E-state index in [4.69, 9.17) is 15.0 Å². The maximum atomic E-state index is 6.08. The van der Waals surface area contributed by atoms with Gasteiger partial charge in [0.05, 0.1) is 24.0 Å². The Morgan fingerprint density at radius 1 is 1.11 bits per heavy atom. The molecule has 2 N–H and O–H groups in total. The standard InChI is InChI=1S/C13H19N3O2/c14-10-3-1-2-8(10)13-15-12(16-18-13)9-6-7-4-5-11(9)17-7/h7-11H,1-6,14H2. The Labute approximate surface area is 106 Å². The molecule has 0 amide bonds. The molecule has 3 heterocycles. The fraction of sp³-hybridized carbons (Fsp3) is 0.846. The van der Waals surface area contributed by atoms with Crippen LogP contribution in [0.5, 0.6) is 0 Å². The molecule has 3 fully saturated rings. The molecule has 1 aliphatic carbocycles. The van der Waals surface area contributed by atoms with Crippen LogP contribution in [0.25, 0.3) is 0 Å². The van der Waals surface area contributed by atoms with Crippen molar-refractivity contribution in [1.29, 1.82) is 0 Å². The van der Waals surface area contributed by atoms with Gasteiger partial charge in [0.1, 0.15) is 0 Å². The molecule has 18 heavy (non-hydrogen) atoms. The fourth-order valence-corrected chi connectivity index (χ4v) is 3.75. The minimum absolute atomic E-state index is 0.189. The first-order chi connectivity index (χ1) is 8.81. The van der Waals surface area contributed by atoms with Gasteiger partial charge in [-0.15, -0.1) is 0 Å². The van der Waals surface area contributed by atoms with Crippen LogP contribution in [-0.4, -0.2) is 28.4 Å².